The number of aromatic nitrogens is 4. The summed E-state index contributed by atoms with van der Waals surface area (Å²) in [6, 6.07) is 9.65. The van der Waals surface area contributed by atoms with Crippen LogP contribution in [0.25, 0.3) is 22.4 Å². The molecule has 0 aliphatic carbocycles. The number of pyridine rings is 1. The van der Waals surface area contributed by atoms with E-state index in [1.54, 1.807) is 17.5 Å². The van der Waals surface area contributed by atoms with Gasteiger partial charge < -0.3 is 9.88 Å². The first-order chi connectivity index (χ1) is 12.7. The number of anilines is 1. The van der Waals surface area contributed by atoms with Crippen molar-refractivity contribution >= 4 is 33.8 Å². The Morgan fingerprint density at radius 1 is 1.19 bits per heavy atom. The van der Waals surface area contributed by atoms with Gasteiger partial charge in [-0.1, -0.05) is 6.07 Å². The van der Waals surface area contributed by atoms with E-state index in [9.17, 15) is 4.79 Å². The maximum Gasteiger partial charge on any atom is 0.221 e. The second kappa shape index (κ2) is 7.05. The number of carbonyl (C=O) groups excluding carboxylic acids is 1. The van der Waals surface area contributed by atoms with E-state index in [0.29, 0.717) is 0 Å². The minimum absolute atomic E-state index is 0.0869. The first-order valence-corrected chi connectivity index (χ1v) is 9.15. The molecule has 0 saturated heterocycles. The highest BCUT2D eigenvalue weighted by atomic mass is 32.1. The zero-order valence-corrected chi connectivity index (χ0v) is 15.0. The van der Waals surface area contributed by atoms with E-state index in [1.807, 2.05) is 48.1 Å². The highest BCUT2D eigenvalue weighted by Crippen LogP contribution is 2.23. The van der Waals surface area contributed by atoms with Crippen molar-refractivity contribution in [2.45, 2.75) is 19.9 Å². The molecule has 7 heteroatoms. The number of nitrogens with zero attached hydrogens (tertiary/aromatic N) is 4. The molecule has 0 aliphatic heterocycles. The number of fused-ring (bicyclic) bond motifs is 1. The van der Waals surface area contributed by atoms with Gasteiger partial charge in [0.25, 0.3) is 0 Å². The highest BCUT2D eigenvalue weighted by molar-refractivity contribution is 7.09. The zero-order chi connectivity index (χ0) is 17.9. The van der Waals surface area contributed by atoms with E-state index in [4.69, 9.17) is 4.98 Å². The van der Waals surface area contributed by atoms with Crippen molar-refractivity contribution < 1.29 is 4.79 Å². The lowest BCUT2D eigenvalue weighted by Gasteiger charge is -2.08. The van der Waals surface area contributed by atoms with E-state index < -0.39 is 0 Å². The van der Waals surface area contributed by atoms with Crippen molar-refractivity contribution in [1.29, 1.82) is 0 Å². The van der Waals surface area contributed by atoms with Gasteiger partial charge >= 0.3 is 0 Å². The summed E-state index contributed by atoms with van der Waals surface area (Å²) in [5.74, 6) is 0.755. The van der Waals surface area contributed by atoms with Crippen molar-refractivity contribution in [3.05, 3.63) is 59.3 Å². The molecule has 0 atom stereocenters. The van der Waals surface area contributed by atoms with Crippen LogP contribution < -0.4 is 5.32 Å². The SMILES string of the molecule is CC(=O)Nc1ccc2nc(-c3nccn3CCc3nccs3)ccc2c1. The smallest absolute Gasteiger partial charge is 0.221 e. The van der Waals surface area contributed by atoms with Crippen molar-refractivity contribution in [2.75, 3.05) is 5.32 Å². The molecule has 0 aliphatic rings. The highest BCUT2D eigenvalue weighted by Gasteiger charge is 2.09. The molecule has 3 heterocycles. The normalized spacial score (nSPS) is 11.0. The van der Waals surface area contributed by atoms with Crippen LogP contribution in [0.4, 0.5) is 5.69 Å². The minimum atomic E-state index is -0.0869. The second-order valence-electron chi connectivity index (χ2n) is 5.91. The lowest BCUT2D eigenvalue weighted by molar-refractivity contribution is -0.114. The number of benzene rings is 1. The van der Waals surface area contributed by atoms with Crippen LogP contribution >= 0.6 is 11.3 Å². The van der Waals surface area contributed by atoms with Crippen LogP contribution in [-0.2, 0) is 17.8 Å². The first kappa shape index (κ1) is 16.4. The first-order valence-electron chi connectivity index (χ1n) is 8.27. The Bertz CT molecular complexity index is 1050. The molecule has 0 bridgehead atoms. The number of carbonyl (C=O) groups is 1. The van der Waals surface area contributed by atoms with Crippen molar-refractivity contribution in [3.63, 3.8) is 0 Å². The third kappa shape index (κ3) is 3.48. The molecule has 4 aromatic rings. The zero-order valence-electron chi connectivity index (χ0n) is 14.2. The third-order valence-corrected chi connectivity index (χ3v) is 4.84. The fourth-order valence-electron chi connectivity index (χ4n) is 2.85. The van der Waals surface area contributed by atoms with E-state index in [1.165, 1.54) is 6.92 Å². The Kier molecular flexibility index (Phi) is 4.45. The number of hydrogen-bond donors (Lipinski definition) is 1. The van der Waals surface area contributed by atoms with E-state index in [2.05, 4.69) is 19.9 Å². The van der Waals surface area contributed by atoms with Crippen molar-refractivity contribution in [1.82, 2.24) is 19.5 Å². The number of hydrogen-bond acceptors (Lipinski definition) is 5. The van der Waals surface area contributed by atoms with E-state index >= 15 is 0 Å². The molecule has 130 valence electrons. The largest absolute Gasteiger partial charge is 0.329 e. The van der Waals surface area contributed by atoms with Gasteiger partial charge in [-0.15, -0.1) is 11.3 Å². The lowest BCUT2D eigenvalue weighted by atomic mass is 10.1. The molecule has 4 rings (SSSR count). The monoisotopic (exact) mass is 363 g/mol. The van der Waals surface area contributed by atoms with Gasteiger partial charge in [-0.3, -0.25) is 4.79 Å². The van der Waals surface area contributed by atoms with Crippen LogP contribution in [0.3, 0.4) is 0 Å². The number of imidazole rings is 1. The van der Waals surface area contributed by atoms with Gasteiger partial charge in [0.15, 0.2) is 5.82 Å². The quantitative estimate of drug-likeness (QED) is 0.586. The maximum absolute atomic E-state index is 11.2. The van der Waals surface area contributed by atoms with Crippen molar-refractivity contribution in [3.8, 4) is 11.5 Å². The topological polar surface area (TPSA) is 72.7 Å². The Morgan fingerprint density at radius 2 is 2.12 bits per heavy atom. The molecule has 1 amide bonds. The number of thiazole rings is 1. The van der Waals surface area contributed by atoms with Crippen LogP contribution in [0.2, 0.25) is 0 Å². The summed E-state index contributed by atoms with van der Waals surface area (Å²) in [5, 5.41) is 6.87. The lowest BCUT2D eigenvalue weighted by Crippen LogP contribution is -2.05. The molecule has 0 fully saturated rings. The van der Waals surface area contributed by atoms with Crippen molar-refractivity contribution in [2.24, 2.45) is 0 Å². The summed E-state index contributed by atoms with van der Waals surface area (Å²) in [7, 11) is 0. The van der Waals surface area contributed by atoms with E-state index in [-0.39, 0.29) is 5.91 Å². The third-order valence-electron chi connectivity index (χ3n) is 4.00. The molecule has 0 radical (unpaired) electrons. The van der Waals surface area contributed by atoms with Gasteiger partial charge in [0, 0.05) is 54.9 Å². The van der Waals surface area contributed by atoms with Crippen LogP contribution in [-0.4, -0.2) is 25.4 Å². The molecule has 0 spiro atoms. The molecular formula is C19H17N5OS. The maximum atomic E-state index is 11.2. The molecule has 1 N–H and O–H groups in total. The predicted molar refractivity (Wildman–Crippen MR) is 103 cm³/mol. The number of rotatable bonds is 5. The molecule has 3 aromatic heterocycles. The summed E-state index contributed by atoms with van der Waals surface area (Å²) >= 11 is 1.66. The fraction of sp³-hybridized carbons (Fsp3) is 0.158. The van der Waals surface area contributed by atoms with Gasteiger partial charge in [0.05, 0.1) is 10.5 Å². The fourth-order valence-corrected chi connectivity index (χ4v) is 3.46. The average Bonchev–Trinajstić information content (AvgIpc) is 3.30. The molecule has 26 heavy (non-hydrogen) atoms. The van der Waals surface area contributed by atoms with E-state index in [0.717, 1.165) is 46.1 Å². The van der Waals surface area contributed by atoms with Gasteiger partial charge in [-0.2, -0.15) is 0 Å². The summed E-state index contributed by atoms with van der Waals surface area (Å²) in [6.07, 6.45) is 6.46. The van der Waals surface area contributed by atoms with Gasteiger partial charge in [0.1, 0.15) is 5.69 Å². The Hall–Kier alpha value is -3.06. The summed E-state index contributed by atoms with van der Waals surface area (Å²) in [4.78, 5) is 24.7. The summed E-state index contributed by atoms with van der Waals surface area (Å²) in [5.41, 5.74) is 2.46. The summed E-state index contributed by atoms with van der Waals surface area (Å²) in [6.45, 7) is 2.31. The van der Waals surface area contributed by atoms with Crippen LogP contribution in [0.1, 0.15) is 11.9 Å². The Labute approximate surface area is 154 Å². The Morgan fingerprint density at radius 3 is 2.92 bits per heavy atom. The van der Waals surface area contributed by atoms with Crippen LogP contribution in [0.15, 0.2) is 54.3 Å². The molecular weight excluding hydrogens is 346 g/mol. The number of aryl methyl sites for hydroxylation is 2. The minimum Gasteiger partial charge on any atom is -0.329 e. The van der Waals surface area contributed by atoms with Crippen LogP contribution in [0.5, 0.6) is 0 Å². The van der Waals surface area contributed by atoms with Gasteiger partial charge in [-0.25, -0.2) is 15.0 Å². The standard InChI is InChI=1S/C19H17N5OS/c1-13(25)22-15-3-5-16-14(12-15)2-4-17(23-16)19-21-7-10-24(19)9-6-18-20-8-11-26-18/h2-5,7-8,10-12H,6,9H2,1H3,(H,22,25). The molecule has 0 saturated carbocycles. The molecule has 0 unspecified atom stereocenters. The van der Waals surface area contributed by atoms with Crippen LogP contribution in [0, 0.1) is 0 Å². The predicted octanol–water partition coefficient (Wildman–Crippen LogP) is 3.76. The molecule has 6 nitrogen and oxygen atoms in total. The number of nitrogens with one attached hydrogen (secondary N) is 1. The van der Waals surface area contributed by atoms with Gasteiger partial charge in [0.2, 0.25) is 5.91 Å². The second-order valence-corrected chi connectivity index (χ2v) is 6.88. The van der Waals surface area contributed by atoms with Gasteiger partial charge in [-0.05, 0) is 24.3 Å². The average molecular weight is 363 g/mol. The summed E-state index contributed by atoms with van der Waals surface area (Å²) < 4.78 is 2.10. The Balaban J connectivity index is 1.60. The molecule has 1 aromatic carbocycles. The number of amides is 1.